The second-order valence-corrected chi connectivity index (χ2v) is 4.20. The highest BCUT2D eigenvalue weighted by molar-refractivity contribution is 6.37. The number of nitrogens with zero attached hydrogens (tertiary/aromatic N) is 1. The third kappa shape index (κ3) is 2.46. The van der Waals surface area contributed by atoms with E-state index in [1.165, 1.54) is 0 Å². The van der Waals surface area contributed by atoms with Crippen LogP contribution in [0.15, 0.2) is 24.4 Å². The molecule has 2 rings (SSSR count). The van der Waals surface area contributed by atoms with Crippen molar-refractivity contribution in [1.29, 1.82) is 0 Å². The number of pyridine rings is 1. The Kier molecular flexibility index (Phi) is 3.53. The Hall–Kier alpha value is -2.01. The van der Waals surface area contributed by atoms with Crippen molar-refractivity contribution in [3.63, 3.8) is 0 Å². The van der Waals surface area contributed by atoms with E-state index < -0.39 is 5.97 Å². The highest BCUT2D eigenvalue weighted by Crippen LogP contribution is 2.32. The van der Waals surface area contributed by atoms with Crippen LogP contribution in [0.4, 0.5) is 11.5 Å². The molecule has 4 N–H and O–H groups in total. The van der Waals surface area contributed by atoms with E-state index >= 15 is 0 Å². The number of carboxylic acids is 1. The smallest absolute Gasteiger partial charge is 0.305 e. The number of rotatable bonds is 4. The van der Waals surface area contributed by atoms with Gasteiger partial charge in [0.05, 0.1) is 11.4 Å². The Morgan fingerprint density at radius 1 is 1.44 bits per heavy atom. The van der Waals surface area contributed by atoms with Gasteiger partial charge in [-0.2, -0.15) is 0 Å². The van der Waals surface area contributed by atoms with Crippen molar-refractivity contribution in [2.45, 2.75) is 6.42 Å². The summed E-state index contributed by atoms with van der Waals surface area (Å²) in [6.45, 7) is 0.284. The van der Waals surface area contributed by atoms with Gasteiger partial charge in [0.25, 0.3) is 0 Å². The quantitative estimate of drug-likeness (QED) is 0.739. The molecule has 1 aromatic heterocycles. The summed E-state index contributed by atoms with van der Waals surface area (Å²) >= 11 is 6.12. The molecule has 94 valence electrons. The van der Waals surface area contributed by atoms with Crippen molar-refractivity contribution < 1.29 is 9.90 Å². The highest BCUT2D eigenvalue weighted by Gasteiger charge is 2.09. The minimum absolute atomic E-state index is 0.0119. The molecule has 0 atom stereocenters. The summed E-state index contributed by atoms with van der Waals surface area (Å²) in [6, 6.07) is 5.20. The average molecular weight is 266 g/mol. The molecule has 1 aromatic carbocycles. The van der Waals surface area contributed by atoms with Gasteiger partial charge in [0.15, 0.2) is 0 Å². The Bertz CT molecular complexity index is 601. The number of carbonyl (C=O) groups is 1. The molecule has 18 heavy (non-hydrogen) atoms. The number of nitrogens with one attached hydrogen (secondary N) is 1. The lowest BCUT2D eigenvalue weighted by molar-refractivity contribution is -0.136. The van der Waals surface area contributed by atoms with Gasteiger partial charge in [0.1, 0.15) is 5.82 Å². The maximum atomic E-state index is 10.5. The molecule has 5 nitrogen and oxygen atoms in total. The lowest BCUT2D eigenvalue weighted by atomic mass is 10.1. The second kappa shape index (κ2) is 5.10. The molecule has 0 spiro atoms. The van der Waals surface area contributed by atoms with Gasteiger partial charge in [0, 0.05) is 29.2 Å². The Labute approximate surface area is 109 Å². The van der Waals surface area contributed by atoms with Crippen LogP contribution in [-0.2, 0) is 4.79 Å². The summed E-state index contributed by atoms with van der Waals surface area (Å²) < 4.78 is 0. The molecule has 0 bridgehead atoms. The van der Waals surface area contributed by atoms with Crippen molar-refractivity contribution >= 4 is 39.8 Å². The molecule has 2 aromatic rings. The average Bonchev–Trinajstić information content (AvgIpc) is 2.33. The fraction of sp³-hybridized carbons (Fsp3) is 0.167. The summed E-state index contributed by atoms with van der Waals surface area (Å²) in [5, 5.41) is 13.6. The Morgan fingerprint density at radius 3 is 2.94 bits per heavy atom. The summed E-state index contributed by atoms with van der Waals surface area (Å²) in [5.41, 5.74) is 6.47. The molecule has 0 aliphatic carbocycles. The predicted octanol–water partition coefficient (Wildman–Crippen LogP) is 2.36. The van der Waals surface area contributed by atoms with Gasteiger partial charge in [-0.3, -0.25) is 4.79 Å². The molecule has 0 saturated heterocycles. The number of nitrogens with two attached hydrogens (primary N) is 1. The molecule has 0 aliphatic rings. The fourth-order valence-electron chi connectivity index (χ4n) is 1.70. The normalized spacial score (nSPS) is 10.5. The van der Waals surface area contributed by atoms with Crippen LogP contribution in [0.1, 0.15) is 6.42 Å². The van der Waals surface area contributed by atoms with E-state index in [0.29, 0.717) is 21.9 Å². The van der Waals surface area contributed by atoms with Crippen molar-refractivity contribution in [3.8, 4) is 0 Å². The van der Waals surface area contributed by atoms with Crippen LogP contribution in [0.3, 0.4) is 0 Å². The molecule has 1 heterocycles. The molecule has 0 fully saturated rings. The molecule has 0 aliphatic heterocycles. The summed E-state index contributed by atoms with van der Waals surface area (Å²) in [6.07, 6.45) is 1.62. The monoisotopic (exact) mass is 265 g/mol. The standard InChI is InChI=1S/C12H12ClN3O2/c13-8-1-2-9(14)7-3-5-15-12(11(7)8)16-6-4-10(17)18/h1-3,5H,4,6,14H2,(H,15,16)(H,17,18). The number of hydrogen-bond donors (Lipinski definition) is 3. The zero-order chi connectivity index (χ0) is 13.1. The first-order chi connectivity index (χ1) is 8.59. The number of aliphatic carboxylic acids is 1. The first-order valence-electron chi connectivity index (χ1n) is 5.38. The van der Waals surface area contributed by atoms with Crippen LogP contribution in [-0.4, -0.2) is 22.6 Å². The molecule has 0 radical (unpaired) electrons. The number of fused-ring (bicyclic) bond motifs is 1. The van der Waals surface area contributed by atoms with Crippen molar-refractivity contribution in [2.24, 2.45) is 0 Å². The van der Waals surface area contributed by atoms with E-state index in [1.54, 1.807) is 24.4 Å². The minimum atomic E-state index is -0.867. The minimum Gasteiger partial charge on any atom is -0.481 e. The number of benzene rings is 1. The van der Waals surface area contributed by atoms with Gasteiger partial charge >= 0.3 is 5.97 Å². The largest absolute Gasteiger partial charge is 0.481 e. The van der Waals surface area contributed by atoms with Gasteiger partial charge in [0.2, 0.25) is 0 Å². The molecule has 0 saturated carbocycles. The van der Waals surface area contributed by atoms with Crippen LogP contribution in [0.25, 0.3) is 10.8 Å². The van der Waals surface area contributed by atoms with E-state index in [1.807, 2.05) is 0 Å². The maximum absolute atomic E-state index is 10.5. The molecular formula is C12H12ClN3O2. The van der Waals surface area contributed by atoms with Gasteiger partial charge < -0.3 is 16.2 Å². The summed E-state index contributed by atoms with van der Waals surface area (Å²) in [7, 11) is 0. The van der Waals surface area contributed by atoms with Crippen molar-refractivity contribution in [1.82, 2.24) is 4.98 Å². The third-order valence-electron chi connectivity index (χ3n) is 2.54. The number of aromatic nitrogens is 1. The molecule has 0 unspecified atom stereocenters. The van der Waals surface area contributed by atoms with Crippen molar-refractivity contribution in [3.05, 3.63) is 29.4 Å². The lowest BCUT2D eigenvalue weighted by Gasteiger charge is -2.10. The van der Waals surface area contributed by atoms with Gasteiger partial charge in [-0.1, -0.05) is 11.6 Å². The van der Waals surface area contributed by atoms with Gasteiger partial charge in [-0.25, -0.2) is 4.98 Å². The van der Waals surface area contributed by atoms with Gasteiger partial charge in [-0.15, -0.1) is 0 Å². The van der Waals surface area contributed by atoms with Gasteiger partial charge in [-0.05, 0) is 18.2 Å². The van der Waals surface area contributed by atoms with E-state index in [-0.39, 0.29) is 13.0 Å². The van der Waals surface area contributed by atoms with Crippen LogP contribution in [0, 0.1) is 0 Å². The van der Waals surface area contributed by atoms with Crippen LogP contribution in [0.5, 0.6) is 0 Å². The van der Waals surface area contributed by atoms with Crippen molar-refractivity contribution in [2.75, 3.05) is 17.6 Å². The second-order valence-electron chi connectivity index (χ2n) is 3.79. The zero-order valence-corrected chi connectivity index (χ0v) is 10.2. The zero-order valence-electron chi connectivity index (χ0n) is 9.48. The number of nitrogen functional groups attached to an aromatic ring is 1. The summed E-state index contributed by atoms with van der Waals surface area (Å²) in [4.78, 5) is 14.6. The molecule has 0 amide bonds. The number of halogens is 1. The Morgan fingerprint density at radius 2 is 2.22 bits per heavy atom. The molecular weight excluding hydrogens is 254 g/mol. The van der Waals surface area contributed by atoms with Crippen LogP contribution < -0.4 is 11.1 Å². The Balaban J connectivity index is 2.38. The topological polar surface area (TPSA) is 88.2 Å². The fourth-order valence-corrected chi connectivity index (χ4v) is 1.96. The van der Waals surface area contributed by atoms with Crippen LogP contribution in [0.2, 0.25) is 5.02 Å². The highest BCUT2D eigenvalue weighted by atomic mass is 35.5. The first kappa shape index (κ1) is 12.4. The lowest BCUT2D eigenvalue weighted by Crippen LogP contribution is -2.09. The third-order valence-corrected chi connectivity index (χ3v) is 2.86. The first-order valence-corrected chi connectivity index (χ1v) is 5.75. The number of anilines is 2. The predicted molar refractivity (Wildman–Crippen MR) is 71.9 cm³/mol. The van der Waals surface area contributed by atoms with E-state index in [4.69, 9.17) is 22.4 Å². The number of carboxylic acid groups (broad SMARTS) is 1. The van der Waals surface area contributed by atoms with E-state index in [2.05, 4.69) is 10.3 Å². The van der Waals surface area contributed by atoms with E-state index in [0.717, 1.165) is 5.39 Å². The SMILES string of the molecule is Nc1ccc(Cl)c2c(NCCC(=O)O)nccc12. The van der Waals surface area contributed by atoms with E-state index in [9.17, 15) is 4.79 Å². The summed E-state index contributed by atoms with van der Waals surface area (Å²) in [5.74, 6) is -0.320. The maximum Gasteiger partial charge on any atom is 0.305 e. The molecule has 6 heteroatoms. The van der Waals surface area contributed by atoms with Crippen LogP contribution >= 0.6 is 11.6 Å². The number of hydrogen-bond acceptors (Lipinski definition) is 4.